The number of thioether (sulfide) groups is 1. The first-order valence-electron chi connectivity index (χ1n) is 8.20. The minimum absolute atomic E-state index is 0.170. The third-order valence-electron chi connectivity index (χ3n) is 4.32. The number of aromatic nitrogens is 4. The number of carboxylic acid groups (broad SMARTS) is 1. The SMILES string of the molecule is O=C(O)[C@H](CCO)Sc1nnc(-c2c[nH]c3ccccc23)n1C1CC1. The van der Waals surface area contributed by atoms with Crippen LogP contribution in [-0.2, 0) is 4.79 Å². The van der Waals surface area contributed by atoms with Crippen molar-refractivity contribution < 1.29 is 15.0 Å². The Morgan fingerprint density at radius 1 is 1.36 bits per heavy atom. The molecule has 2 aromatic heterocycles. The van der Waals surface area contributed by atoms with Crippen LogP contribution in [0.25, 0.3) is 22.3 Å². The van der Waals surface area contributed by atoms with Crippen LogP contribution in [0.2, 0.25) is 0 Å². The molecule has 0 spiro atoms. The fourth-order valence-corrected chi connectivity index (χ4v) is 3.95. The van der Waals surface area contributed by atoms with E-state index in [-0.39, 0.29) is 13.0 Å². The highest BCUT2D eigenvalue weighted by Crippen LogP contribution is 2.43. The molecular formula is C17H18N4O3S. The molecule has 25 heavy (non-hydrogen) atoms. The number of carbonyl (C=O) groups is 1. The van der Waals surface area contributed by atoms with Gasteiger partial charge < -0.3 is 15.2 Å². The van der Waals surface area contributed by atoms with E-state index in [0.717, 1.165) is 46.9 Å². The molecule has 1 saturated carbocycles. The molecule has 0 aliphatic heterocycles. The molecule has 0 bridgehead atoms. The third-order valence-corrected chi connectivity index (χ3v) is 5.53. The van der Waals surface area contributed by atoms with E-state index >= 15 is 0 Å². The Hall–Kier alpha value is -2.32. The van der Waals surface area contributed by atoms with Crippen LogP contribution in [0.5, 0.6) is 0 Å². The van der Waals surface area contributed by atoms with E-state index in [1.807, 2.05) is 35.0 Å². The second-order valence-electron chi connectivity index (χ2n) is 6.11. The molecule has 0 unspecified atom stereocenters. The lowest BCUT2D eigenvalue weighted by Crippen LogP contribution is -2.18. The summed E-state index contributed by atoms with van der Waals surface area (Å²) in [6.07, 6.45) is 4.18. The van der Waals surface area contributed by atoms with Crippen LogP contribution in [0.15, 0.2) is 35.6 Å². The van der Waals surface area contributed by atoms with Crippen LogP contribution in [0.1, 0.15) is 25.3 Å². The van der Waals surface area contributed by atoms with Gasteiger partial charge in [0.1, 0.15) is 5.25 Å². The molecule has 1 aliphatic rings. The molecule has 0 amide bonds. The van der Waals surface area contributed by atoms with Crippen LogP contribution in [-0.4, -0.2) is 47.8 Å². The lowest BCUT2D eigenvalue weighted by molar-refractivity contribution is -0.136. The number of aliphatic carboxylic acids is 1. The molecule has 3 N–H and O–H groups in total. The van der Waals surface area contributed by atoms with E-state index in [4.69, 9.17) is 5.11 Å². The smallest absolute Gasteiger partial charge is 0.317 e. The number of fused-ring (bicyclic) bond motifs is 1. The van der Waals surface area contributed by atoms with Crippen molar-refractivity contribution in [3.63, 3.8) is 0 Å². The van der Waals surface area contributed by atoms with Crippen molar-refractivity contribution in [3.05, 3.63) is 30.5 Å². The average Bonchev–Trinajstić information content (AvgIpc) is 3.22. The Morgan fingerprint density at radius 2 is 2.16 bits per heavy atom. The number of benzene rings is 1. The summed E-state index contributed by atoms with van der Waals surface area (Å²) >= 11 is 1.16. The van der Waals surface area contributed by atoms with Crippen LogP contribution < -0.4 is 0 Å². The minimum Gasteiger partial charge on any atom is -0.480 e. The first kappa shape index (κ1) is 16.2. The molecule has 0 radical (unpaired) electrons. The van der Waals surface area contributed by atoms with Crippen LogP contribution in [0, 0.1) is 0 Å². The Balaban J connectivity index is 1.75. The number of aliphatic hydroxyl groups excluding tert-OH is 1. The van der Waals surface area contributed by atoms with Crippen molar-refractivity contribution in [2.24, 2.45) is 0 Å². The van der Waals surface area contributed by atoms with Gasteiger partial charge in [-0.3, -0.25) is 9.36 Å². The van der Waals surface area contributed by atoms with E-state index < -0.39 is 11.2 Å². The first-order valence-corrected chi connectivity index (χ1v) is 9.08. The van der Waals surface area contributed by atoms with Gasteiger partial charge in [-0.25, -0.2) is 0 Å². The topological polar surface area (TPSA) is 104 Å². The molecule has 0 saturated heterocycles. The summed E-state index contributed by atoms with van der Waals surface area (Å²) in [5.41, 5.74) is 2.00. The van der Waals surface area contributed by atoms with Gasteiger partial charge in [0.05, 0.1) is 0 Å². The number of nitrogens with one attached hydrogen (secondary N) is 1. The molecule has 1 aliphatic carbocycles. The number of hydrogen-bond donors (Lipinski definition) is 3. The normalized spacial score (nSPS) is 15.6. The van der Waals surface area contributed by atoms with E-state index in [0.29, 0.717) is 11.2 Å². The van der Waals surface area contributed by atoms with Crippen molar-refractivity contribution in [2.45, 2.75) is 35.7 Å². The van der Waals surface area contributed by atoms with E-state index in [1.54, 1.807) is 0 Å². The summed E-state index contributed by atoms with van der Waals surface area (Å²) in [7, 11) is 0. The van der Waals surface area contributed by atoms with Gasteiger partial charge in [0.15, 0.2) is 11.0 Å². The van der Waals surface area contributed by atoms with Gasteiger partial charge in [-0.2, -0.15) is 0 Å². The van der Waals surface area contributed by atoms with E-state index in [2.05, 4.69) is 15.2 Å². The monoisotopic (exact) mass is 358 g/mol. The summed E-state index contributed by atoms with van der Waals surface area (Å²) in [4.78, 5) is 14.7. The lowest BCUT2D eigenvalue weighted by atomic mass is 10.1. The number of hydrogen-bond acceptors (Lipinski definition) is 5. The molecule has 1 aromatic carbocycles. The summed E-state index contributed by atoms with van der Waals surface area (Å²) in [5.74, 6) is -0.186. The maximum atomic E-state index is 11.4. The molecular weight excluding hydrogens is 340 g/mol. The number of aromatic amines is 1. The lowest BCUT2D eigenvalue weighted by Gasteiger charge is -2.12. The van der Waals surface area contributed by atoms with Gasteiger partial charge in [-0.1, -0.05) is 30.0 Å². The predicted molar refractivity (Wildman–Crippen MR) is 94.6 cm³/mol. The Labute approximate surface area is 148 Å². The van der Waals surface area contributed by atoms with E-state index in [1.165, 1.54) is 0 Å². The van der Waals surface area contributed by atoms with Crippen LogP contribution >= 0.6 is 11.8 Å². The van der Waals surface area contributed by atoms with Crippen molar-refractivity contribution in [3.8, 4) is 11.4 Å². The van der Waals surface area contributed by atoms with Gasteiger partial charge >= 0.3 is 5.97 Å². The zero-order chi connectivity index (χ0) is 17.4. The van der Waals surface area contributed by atoms with E-state index in [9.17, 15) is 9.90 Å². The molecule has 1 atom stereocenters. The number of carboxylic acids is 1. The largest absolute Gasteiger partial charge is 0.480 e. The number of H-pyrrole nitrogens is 1. The number of rotatable bonds is 7. The zero-order valence-corrected chi connectivity index (χ0v) is 14.2. The first-order chi connectivity index (χ1) is 12.2. The Bertz CT molecular complexity index is 916. The highest BCUT2D eigenvalue weighted by Gasteiger charge is 2.32. The third kappa shape index (κ3) is 3.03. The highest BCUT2D eigenvalue weighted by atomic mass is 32.2. The summed E-state index contributed by atoms with van der Waals surface area (Å²) in [5, 5.41) is 28.0. The van der Waals surface area contributed by atoms with Gasteiger partial charge in [0.25, 0.3) is 0 Å². The van der Waals surface area contributed by atoms with Gasteiger partial charge in [0.2, 0.25) is 0 Å². The molecule has 2 heterocycles. The average molecular weight is 358 g/mol. The second kappa shape index (κ2) is 6.53. The van der Waals surface area contributed by atoms with Crippen molar-refractivity contribution in [2.75, 3.05) is 6.61 Å². The summed E-state index contributed by atoms with van der Waals surface area (Å²) in [6.45, 7) is -0.170. The Kier molecular flexibility index (Phi) is 4.22. The second-order valence-corrected chi connectivity index (χ2v) is 7.28. The molecule has 7 nitrogen and oxygen atoms in total. The molecule has 8 heteroatoms. The predicted octanol–water partition coefficient (Wildman–Crippen LogP) is 2.69. The number of para-hydroxylation sites is 1. The highest BCUT2D eigenvalue weighted by molar-refractivity contribution is 8.00. The number of aliphatic hydroxyl groups is 1. The molecule has 130 valence electrons. The standard InChI is InChI=1S/C17H18N4O3S/c22-8-7-14(16(23)24)25-17-20-19-15(21(17)10-5-6-10)12-9-18-13-4-2-1-3-11(12)13/h1-4,9-10,14,18,22H,5-8H2,(H,23,24)/t14-/m0/s1. The van der Waals surface area contributed by atoms with Crippen molar-refractivity contribution in [1.82, 2.24) is 19.7 Å². The summed E-state index contributed by atoms with van der Waals surface area (Å²) < 4.78 is 2.05. The molecule has 1 fully saturated rings. The fraction of sp³-hybridized carbons (Fsp3) is 0.353. The quantitative estimate of drug-likeness (QED) is 0.561. The van der Waals surface area contributed by atoms with Gasteiger partial charge in [-0.15, -0.1) is 10.2 Å². The maximum absolute atomic E-state index is 11.4. The van der Waals surface area contributed by atoms with Crippen molar-refractivity contribution >= 4 is 28.6 Å². The molecule has 3 aromatic rings. The van der Waals surface area contributed by atoms with Crippen molar-refractivity contribution in [1.29, 1.82) is 0 Å². The molecule has 4 rings (SSSR count). The zero-order valence-electron chi connectivity index (χ0n) is 13.4. The number of nitrogens with zero attached hydrogens (tertiary/aromatic N) is 3. The summed E-state index contributed by atoms with van der Waals surface area (Å²) in [6, 6.07) is 8.31. The van der Waals surface area contributed by atoms with Crippen LogP contribution in [0.3, 0.4) is 0 Å². The Morgan fingerprint density at radius 3 is 2.88 bits per heavy atom. The minimum atomic E-state index is -0.946. The van der Waals surface area contributed by atoms with Gasteiger partial charge in [-0.05, 0) is 25.3 Å². The van der Waals surface area contributed by atoms with Gasteiger partial charge in [0, 0.05) is 35.3 Å². The maximum Gasteiger partial charge on any atom is 0.317 e. The van der Waals surface area contributed by atoms with Crippen LogP contribution in [0.4, 0.5) is 0 Å². The fourth-order valence-electron chi connectivity index (χ4n) is 2.94.